The number of rotatable bonds is 8. The minimum atomic E-state index is -1.18. The number of alkyl halides is 1. The minimum Gasteiger partial charge on any atom is -0.478 e. The van der Waals surface area contributed by atoms with E-state index < -0.39 is 23.1 Å². The van der Waals surface area contributed by atoms with Crippen LogP contribution in [0.2, 0.25) is 5.02 Å². The van der Waals surface area contributed by atoms with E-state index in [-0.39, 0.29) is 28.1 Å². The largest absolute Gasteiger partial charge is 0.478 e. The molecule has 0 bridgehead atoms. The Morgan fingerprint density at radius 1 is 1.12 bits per heavy atom. The van der Waals surface area contributed by atoms with Crippen molar-refractivity contribution in [2.24, 2.45) is 0 Å². The van der Waals surface area contributed by atoms with Crippen molar-refractivity contribution in [2.75, 3.05) is 0 Å². The van der Waals surface area contributed by atoms with Crippen LogP contribution in [-0.4, -0.2) is 32.3 Å². The molecule has 1 aliphatic carbocycles. The maximum absolute atomic E-state index is 14.1. The van der Waals surface area contributed by atoms with Gasteiger partial charge in [0.2, 0.25) is 0 Å². The van der Waals surface area contributed by atoms with E-state index in [1.807, 2.05) is 20.8 Å². The Bertz CT molecular complexity index is 1750. The molecule has 0 spiro atoms. The number of allylic oxidation sites excluding steroid dienone is 4. The smallest absolute Gasteiger partial charge is 0.336 e. The second-order valence-electron chi connectivity index (χ2n) is 11.0. The number of carboxylic acid groups (broad SMARTS) is 1. The predicted octanol–water partition coefficient (Wildman–Crippen LogP) is 8.59. The highest BCUT2D eigenvalue weighted by molar-refractivity contribution is 6.31. The van der Waals surface area contributed by atoms with Crippen molar-refractivity contribution in [3.05, 3.63) is 116 Å². The lowest BCUT2D eigenvalue weighted by Gasteiger charge is -2.27. The van der Waals surface area contributed by atoms with E-state index in [1.165, 1.54) is 18.2 Å². The molecule has 43 heavy (non-hydrogen) atoms. The van der Waals surface area contributed by atoms with Crippen LogP contribution in [0.4, 0.5) is 4.39 Å². The highest BCUT2D eigenvalue weighted by Crippen LogP contribution is 2.42. The molecular weight excluding hydrogens is 588 g/mol. The number of amides is 1. The fourth-order valence-electron chi connectivity index (χ4n) is 6.07. The number of nitrogens with one attached hydrogen (secondary N) is 2. The maximum Gasteiger partial charge on any atom is 0.336 e. The highest BCUT2D eigenvalue weighted by atomic mass is 35.5. The lowest BCUT2D eigenvalue weighted by molar-refractivity contribution is 0.0695. The first kappa shape index (κ1) is 30.5. The Morgan fingerprint density at radius 3 is 2.51 bits per heavy atom. The van der Waals surface area contributed by atoms with Crippen molar-refractivity contribution < 1.29 is 19.1 Å². The van der Waals surface area contributed by atoms with Gasteiger partial charge in [-0.3, -0.25) is 4.79 Å². The highest BCUT2D eigenvalue weighted by Gasteiger charge is 2.32. The van der Waals surface area contributed by atoms with Crippen molar-refractivity contribution in [1.29, 1.82) is 0 Å². The first-order chi connectivity index (χ1) is 20.5. The summed E-state index contributed by atoms with van der Waals surface area (Å²) in [6, 6.07) is 11.4. The average molecular weight is 621 g/mol. The number of aromatic carboxylic acids is 1. The van der Waals surface area contributed by atoms with Crippen molar-refractivity contribution in [3.8, 4) is 0 Å². The third-order valence-corrected chi connectivity index (χ3v) is 8.56. The van der Waals surface area contributed by atoms with Gasteiger partial charge < -0.3 is 15.4 Å². The molecule has 9 heteroatoms. The number of hydrogen-bond acceptors (Lipinski definition) is 3. The summed E-state index contributed by atoms with van der Waals surface area (Å²) in [6.45, 7) is 8.19. The lowest BCUT2D eigenvalue weighted by atomic mass is 9.81. The summed E-state index contributed by atoms with van der Waals surface area (Å²) in [5.74, 6) is -2.31. The van der Waals surface area contributed by atoms with Crippen LogP contribution in [0.5, 0.6) is 0 Å². The summed E-state index contributed by atoms with van der Waals surface area (Å²) in [5.41, 5.74) is 6.61. The van der Waals surface area contributed by atoms with Gasteiger partial charge in [-0.1, -0.05) is 66.9 Å². The first-order valence-electron chi connectivity index (χ1n) is 14.1. The van der Waals surface area contributed by atoms with Crippen molar-refractivity contribution in [3.63, 3.8) is 0 Å². The molecule has 0 saturated heterocycles. The zero-order chi connectivity index (χ0) is 31.0. The Morgan fingerprint density at radius 2 is 1.84 bits per heavy atom. The summed E-state index contributed by atoms with van der Waals surface area (Å²) in [4.78, 5) is 33.8. The normalized spacial score (nSPS) is 17.1. The fourth-order valence-corrected chi connectivity index (χ4v) is 6.59. The van der Waals surface area contributed by atoms with Gasteiger partial charge in [0.15, 0.2) is 0 Å². The van der Waals surface area contributed by atoms with Crippen LogP contribution in [0.1, 0.15) is 86.1 Å². The SMILES string of the molecule is CCCC(NC(=O)c1ccc(C2C(c3nc4cc(Cl)c(F)cc4[nH]3)=CC=C[C@@H]2Cl)c(C(=O)O)c1)c1c(C)cc(C)cc1C. The number of carboxylic acids is 1. The van der Waals surface area contributed by atoms with Crippen LogP contribution in [0.25, 0.3) is 16.6 Å². The van der Waals surface area contributed by atoms with Gasteiger partial charge in [-0.15, -0.1) is 11.6 Å². The molecule has 5 rings (SSSR count). The number of carbonyl (C=O) groups excluding carboxylic acids is 1. The Labute approximate surface area is 259 Å². The van der Waals surface area contributed by atoms with Gasteiger partial charge in [-0.05, 0) is 67.6 Å². The fraction of sp³-hybridized carbons (Fsp3) is 0.265. The third kappa shape index (κ3) is 6.10. The van der Waals surface area contributed by atoms with E-state index in [4.69, 9.17) is 23.2 Å². The maximum atomic E-state index is 14.1. The Kier molecular flexibility index (Phi) is 8.76. The van der Waals surface area contributed by atoms with E-state index in [9.17, 15) is 19.1 Å². The quantitative estimate of drug-likeness (QED) is 0.172. The average Bonchev–Trinajstić information content (AvgIpc) is 3.34. The van der Waals surface area contributed by atoms with Crippen LogP contribution in [0.15, 0.2) is 60.7 Å². The summed E-state index contributed by atoms with van der Waals surface area (Å²) in [6.07, 6.45) is 6.94. The molecule has 0 aliphatic heterocycles. The summed E-state index contributed by atoms with van der Waals surface area (Å²) >= 11 is 12.7. The number of aryl methyl sites for hydroxylation is 3. The van der Waals surface area contributed by atoms with Crippen LogP contribution in [0.3, 0.4) is 0 Å². The molecule has 6 nitrogen and oxygen atoms in total. The minimum absolute atomic E-state index is 0.0376. The van der Waals surface area contributed by atoms with Gasteiger partial charge in [0.25, 0.3) is 5.91 Å². The molecule has 4 aromatic rings. The van der Waals surface area contributed by atoms with Gasteiger partial charge in [0.05, 0.1) is 33.0 Å². The number of aromatic amines is 1. The second-order valence-corrected chi connectivity index (χ2v) is 11.9. The van der Waals surface area contributed by atoms with E-state index in [0.29, 0.717) is 28.0 Å². The molecule has 3 atom stereocenters. The zero-order valence-corrected chi connectivity index (χ0v) is 25.8. The number of nitrogens with zero attached hydrogens (tertiary/aromatic N) is 1. The van der Waals surface area contributed by atoms with E-state index >= 15 is 0 Å². The number of benzene rings is 3. The number of fused-ring (bicyclic) bond motifs is 1. The number of H-pyrrole nitrogens is 1. The molecule has 0 radical (unpaired) electrons. The summed E-state index contributed by atoms with van der Waals surface area (Å²) < 4.78 is 14.1. The standard InChI is InChI=1S/C34H32Cl2FN3O3/c1-5-7-27(30-18(3)12-17(2)13-19(30)4)40-33(41)20-10-11-21(23(14-20)34(42)43)31-22(8-6-9-24(31)35)32-38-28-15-25(36)26(37)16-29(28)39-32/h6,8-16,24,27,31H,5,7H2,1-4H3,(H,38,39)(H,40,41)(H,42,43)/t24-,27?,31?/m0/s1. The molecule has 1 amide bonds. The molecular formula is C34H32Cl2FN3O3. The van der Waals surface area contributed by atoms with Crippen LogP contribution in [-0.2, 0) is 0 Å². The number of carbonyl (C=O) groups is 2. The van der Waals surface area contributed by atoms with Crippen LogP contribution < -0.4 is 5.32 Å². The molecule has 222 valence electrons. The van der Waals surface area contributed by atoms with Gasteiger partial charge in [0, 0.05) is 23.1 Å². The molecule has 0 fully saturated rings. The first-order valence-corrected chi connectivity index (χ1v) is 14.9. The molecule has 1 aromatic heterocycles. The molecule has 3 N–H and O–H groups in total. The molecule has 3 aromatic carbocycles. The van der Waals surface area contributed by atoms with Gasteiger partial charge in [-0.2, -0.15) is 0 Å². The van der Waals surface area contributed by atoms with Gasteiger partial charge in [-0.25, -0.2) is 14.2 Å². The van der Waals surface area contributed by atoms with Crippen LogP contribution in [0, 0.1) is 26.6 Å². The number of hydrogen-bond donors (Lipinski definition) is 3. The summed E-state index contributed by atoms with van der Waals surface area (Å²) in [7, 11) is 0. The number of imidazole rings is 1. The molecule has 2 unspecified atom stereocenters. The van der Waals surface area contributed by atoms with Crippen molar-refractivity contribution in [1.82, 2.24) is 15.3 Å². The predicted molar refractivity (Wildman–Crippen MR) is 170 cm³/mol. The van der Waals surface area contributed by atoms with Crippen molar-refractivity contribution in [2.45, 2.75) is 57.9 Å². The van der Waals surface area contributed by atoms with Gasteiger partial charge in [0.1, 0.15) is 11.6 Å². The van der Waals surface area contributed by atoms with Gasteiger partial charge >= 0.3 is 5.97 Å². The van der Waals surface area contributed by atoms with E-state index in [2.05, 4.69) is 34.3 Å². The Balaban J connectivity index is 1.51. The summed E-state index contributed by atoms with van der Waals surface area (Å²) in [5, 5.41) is 12.8. The second kappa shape index (κ2) is 12.3. The lowest BCUT2D eigenvalue weighted by Crippen LogP contribution is -2.30. The number of aromatic nitrogens is 2. The molecule has 0 saturated carbocycles. The topological polar surface area (TPSA) is 95.1 Å². The van der Waals surface area contributed by atoms with E-state index in [0.717, 1.165) is 35.1 Å². The van der Waals surface area contributed by atoms with Crippen LogP contribution >= 0.6 is 23.2 Å². The number of halogens is 3. The monoisotopic (exact) mass is 619 g/mol. The van der Waals surface area contributed by atoms with E-state index in [1.54, 1.807) is 30.4 Å². The molecule has 1 aliphatic rings. The third-order valence-electron chi connectivity index (χ3n) is 7.87. The zero-order valence-electron chi connectivity index (χ0n) is 24.3. The molecule has 1 heterocycles. The van der Waals surface area contributed by atoms with Crippen molar-refractivity contribution >= 4 is 51.7 Å². The Hall–Kier alpha value is -3.94.